The number of methoxy groups -OCH3 is 1. The maximum atomic E-state index is 11.9. The summed E-state index contributed by atoms with van der Waals surface area (Å²) in [4.78, 5) is 31.0. The average Bonchev–Trinajstić information content (AvgIpc) is 2.46. The van der Waals surface area contributed by atoms with Crippen molar-refractivity contribution in [1.82, 2.24) is 9.88 Å². The summed E-state index contributed by atoms with van der Waals surface area (Å²) in [7, 11) is 4.67. The summed E-state index contributed by atoms with van der Waals surface area (Å²) in [6, 6.07) is 3.10. The van der Waals surface area contributed by atoms with E-state index in [0.717, 1.165) is 6.42 Å². The van der Waals surface area contributed by atoms with Gasteiger partial charge in [0.2, 0.25) is 5.91 Å². The Balaban J connectivity index is 3.11. The second-order valence-corrected chi connectivity index (χ2v) is 4.81. The highest BCUT2D eigenvalue weighted by Crippen LogP contribution is 2.21. The molecule has 0 aliphatic rings. The predicted octanol–water partition coefficient (Wildman–Crippen LogP) is 0.755. The van der Waals surface area contributed by atoms with Gasteiger partial charge in [0.25, 0.3) is 0 Å². The lowest BCUT2D eigenvalue weighted by Crippen LogP contribution is -2.38. The molecule has 1 rings (SSSR count). The highest BCUT2D eigenvalue weighted by molar-refractivity contribution is 5.89. The summed E-state index contributed by atoms with van der Waals surface area (Å²) in [6.07, 6.45) is 0.824. The van der Waals surface area contributed by atoms with Gasteiger partial charge in [-0.15, -0.1) is 0 Å². The number of carbonyl (C=O) groups excluding carboxylic acids is 2. The molecule has 0 unspecified atom stereocenters. The number of esters is 1. The van der Waals surface area contributed by atoms with Crippen LogP contribution in [0.25, 0.3) is 0 Å². The van der Waals surface area contributed by atoms with E-state index < -0.39 is 5.97 Å². The minimum atomic E-state index is -0.536. The number of carbonyl (C=O) groups is 2. The Kier molecular flexibility index (Phi) is 5.95. The summed E-state index contributed by atoms with van der Waals surface area (Å²) in [5.41, 5.74) is 6.52. The Morgan fingerprint density at radius 3 is 2.52 bits per heavy atom. The number of nitrogens with two attached hydrogens (primary N) is 1. The van der Waals surface area contributed by atoms with Crippen molar-refractivity contribution in [3.05, 3.63) is 17.8 Å². The highest BCUT2D eigenvalue weighted by atomic mass is 16.5. The van der Waals surface area contributed by atoms with Crippen LogP contribution in [0.1, 0.15) is 23.8 Å². The maximum absolute atomic E-state index is 11.9. The number of nitrogen functional groups attached to an aromatic ring is 1. The molecule has 2 N–H and O–H groups in total. The fourth-order valence-electron chi connectivity index (χ4n) is 1.77. The summed E-state index contributed by atoms with van der Waals surface area (Å²) in [5, 5.41) is 0. The van der Waals surface area contributed by atoms with Gasteiger partial charge in [-0.1, -0.05) is 6.92 Å². The van der Waals surface area contributed by atoms with Gasteiger partial charge in [-0.3, -0.25) is 4.79 Å². The van der Waals surface area contributed by atoms with E-state index in [1.54, 1.807) is 25.1 Å². The van der Waals surface area contributed by atoms with Crippen molar-refractivity contribution < 1.29 is 14.3 Å². The minimum absolute atomic E-state index is 0.0619. The molecule has 1 heterocycles. The van der Waals surface area contributed by atoms with E-state index in [2.05, 4.69) is 9.72 Å². The van der Waals surface area contributed by atoms with Crippen LogP contribution in [0, 0.1) is 0 Å². The third-order valence-electron chi connectivity index (χ3n) is 2.92. The van der Waals surface area contributed by atoms with Crippen molar-refractivity contribution in [1.29, 1.82) is 0 Å². The zero-order valence-electron chi connectivity index (χ0n) is 12.9. The Hall–Kier alpha value is -2.31. The SMILES string of the molecule is CCCN(CC(=O)N(C)C)c1nc(C(=O)OC)ccc1N. The molecule has 0 saturated heterocycles. The Morgan fingerprint density at radius 2 is 2.00 bits per heavy atom. The molecule has 0 saturated carbocycles. The van der Waals surface area contributed by atoms with Crippen LogP contribution in [0.5, 0.6) is 0 Å². The van der Waals surface area contributed by atoms with Crippen molar-refractivity contribution in [3.63, 3.8) is 0 Å². The molecule has 7 nitrogen and oxygen atoms in total. The lowest BCUT2D eigenvalue weighted by molar-refractivity contribution is -0.127. The van der Waals surface area contributed by atoms with Crippen LogP contribution in [-0.2, 0) is 9.53 Å². The molecule has 0 spiro atoms. The number of rotatable bonds is 6. The topological polar surface area (TPSA) is 88.8 Å². The van der Waals surface area contributed by atoms with Crippen LogP contribution in [0.3, 0.4) is 0 Å². The third-order valence-corrected chi connectivity index (χ3v) is 2.92. The minimum Gasteiger partial charge on any atom is -0.464 e. The zero-order chi connectivity index (χ0) is 16.0. The fraction of sp³-hybridized carbons (Fsp3) is 0.500. The molecule has 0 aliphatic heterocycles. The maximum Gasteiger partial charge on any atom is 0.356 e. The van der Waals surface area contributed by atoms with Crippen LogP contribution < -0.4 is 10.6 Å². The Labute approximate surface area is 124 Å². The highest BCUT2D eigenvalue weighted by Gasteiger charge is 2.18. The van der Waals surface area contributed by atoms with Crippen molar-refractivity contribution in [3.8, 4) is 0 Å². The first-order valence-corrected chi connectivity index (χ1v) is 6.70. The molecule has 1 aromatic heterocycles. The van der Waals surface area contributed by atoms with Crippen LogP contribution in [0.4, 0.5) is 11.5 Å². The monoisotopic (exact) mass is 294 g/mol. The first-order valence-electron chi connectivity index (χ1n) is 6.70. The number of nitrogens with zero attached hydrogens (tertiary/aromatic N) is 3. The third kappa shape index (κ3) is 4.34. The second-order valence-electron chi connectivity index (χ2n) is 4.81. The molecule has 0 aromatic carbocycles. The van der Waals surface area contributed by atoms with Crippen molar-refractivity contribution in [2.45, 2.75) is 13.3 Å². The fourth-order valence-corrected chi connectivity index (χ4v) is 1.77. The van der Waals surface area contributed by atoms with Gasteiger partial charge < -0.3 is 20.3 Å². The van der Waals surface area contributed by atoms with Crippen molar-refractivity contribution in [2.75, 3.05) is 44.9 Å². The molecule has 1 aromatic rings. The van der Waals surface area contributed by atoms with E-state index in [1.165, 1.54) is 18.1 Å². The smallest absolute Gasteiger partial charge is 0.356 e. The zero-order valence-corrected chi connectivity index (χ0v) is 12.9. The average molecular weight is 294 g/mol. The van der Waals surface area contributed by atoms with E-state index in [4.69, 9.17) is 5.73 Å². The lowest BCUT2D eigenvalue weighted by Gasteiger charge is -2.25. The first-order chi connectivity index (χ1) is 9.90. The van der Waals surface area contributed by atoms with Gasteiger partial charge in [0, 0.05) is 20.6 Å². The van der Waals surface area contributed by atoms with E-state index in [-0.39, 0.29) is 18.1 Å². The molecule has 21 heavy (non-hydrogen) atoms. The number of likely N-dealkylation sites (N-methyl/N-ethyl adjacent to an activating group) is 1. The summed E-state index contributed by atoms with van der Waals surface area (Å²) in [5.74, 6) is -0.172. The molecular formula is C14H22N4O3. The molecule has 0 bridgehead atoms. The van der Waals surface area contributed by atoms with Gasteiger partial charge in [-0.25, -0.2) is 9.78 Å². The van der Waals surface area contributed by atoms with Crippen LogP contribution >= 0.6 is 0 Å². The van der Waals surface area contributed by atoms with E-state index in [9.17, 15) is 9.59 Å². The number of pyridine rings is 1. The molecular weight excluding hydrogens is 272 g/mol. The number of amides is 1. The number of hydrogen-bond donors (Lipinski definition) is 1. The summed E-state index contributed by atoms with van der Waals surface area (Å²) in [6.45, 7) is 2.76. The Morgan fingerprint density at radius 1 is 1.33 bits per heavy atom. The number of aromatic nitrogens is 1. The lowest BCUT2D eigenvalue weighted by atomic mass is 10.2. The van der Waals surface area contributed by atoms with Gasteiger partial charge in [-0.2, -0.15) is 0 Å². The normalized spacial score (nSPS) is 10.1. The van der Waals surface area contributed by atoms with Crippen LogP contribution in [0.15, 0.2) is 12.1 Å². The predicted molar refractivity (Wildman–Crippen MR) is 81.2 cm³/mol. The molecule has 0 fully saturated rings. The number of ether oxygens (including phenoxy) is 1. The number of hydrogen-bond acceptors (Lipinski definition) is 6. The van der Waals surface area contributed by atoms with Gasteiger partial charge in [0.15, 0.2) is 11.5 Å². The molecule has 116 valence electrons. The van der Waals surface area contributed by atoms with Gasteiger partial charge >= 0.3 is 5.97 Å². The molecule has 0 radical (unpaired) electrons. The van der Waals surface area contributed by atoms with Crippen LogP contribution in [0.2, 0.25) is 0 Å². The van der Waals surface area contributed by atoms with Crippen molar-refractivity contribution >= 4 is 23.4 Å². The molecule has 0 aliphatic carbocycles. The summed E-state index contributed by atoms with van der Waals surface area (Å²) < 4.78 is 4.65. The molecule has 0 atom stereocenters. The largest absolute Gasteiger partial charge is 0.464 e. The second kappa shape index (κ2) is 7.47. The van der Waals surface area contributed by atoms with Crippen LogP contribution in [-0.4, -0.2) is 56.1 Å². The van der Waals surface area contributed by atoms with Gasteiger partial charge in [0.05, 0.1) is 19.3 Å². The van der Waals surface area contributed by atoms with E-state index in [0.29, 0.717) is 18.1 Å². The Bertz CT molecular complexity index is 517. The molecule has 1 amide bonds. The standard InChI is InChI=1S/C14H22N4O3/c1-5-8-18(9-12(19)17(2)3)13-10(15)6-7-11(16-13)14(20)21-4/h6-7H,5,8-9,15H2,1-4H3. The summed E-state index contributed by atoms with van der Waals surface area (Å²) >= 11 is 0. The number of anilines is 2. The molecule has 7 heteroatoms. The van der Waals surface area contributed by atoms with Crippen molar-refractivity contribution in [2.24, 2.45) is 0 Å². The van der Waals surface area contributed by atoms with Gasteiger partial charge in [0.1, 0.15) is 0 Å². The van der Waals surface area contributed by atoms with Gasteiger partial charge in [-0.05, 0) is 18.6 Å². The quantitative estimate of drug-likeness (QED) is 0.779. The van der Waals surface area contributed by atoms with E-state index >= 15 is 0 Å². The van der Waals surface area contributed by atoms with E-state index in [1.807, 2.05) is 6.92 Å². The first kappa shape index (κ1) is 16.7.